The predicted octanol–water partition coefficient (Wildman–Crippen LogP) is 3.47. The third kappa shape index (κ3) is 2.97. The Morgan fingerprint density at radius 2 is 2.15 bits per heavy atom. The lowest BCUT2D eigenvalue weighted by atomic mass is 9.93. The van der Waals surface area contributed by atoms with E-state index in [1.54, 1.807) is 6.92 Å². The molecule has 0 aromatic heterocycles. The van der Waals surface area contributed by atoms with E-state index in [0.29, 0.717) is 5.92 Å². The van der Waals surface area contributed by atoms with Gasteiger partial charge in [0.05, 0.1) is 0 Å². The number of fused-ring (bicyclic) bond motifs is 1. The molecule has 0 radical (unpaired) electrons. The summed E-state index contributed by atoms with van der Waals surface area (Å²) in [6, 6.07) is 6.56. The molecule has 1 aromatic rings. The van der Waals surface area contributed by atoms with Crippen LogP contribution in [0.15, 0.2) is 18.2 Å². The second-order valence-corrected chi connectivity index (χ2v) is 5.83. The fraction of sp³-hybridized carbons (Fsp3) is 0.588. The molecular weight excluding hydrogens is 248 g/mol. The van der Waals surface area contributed by atoms with Crippen molar-refractivity contribution in [1.29, 1.82) is 0 Å². The molecule has 0 saturated heterocycles. The van der Waals surface area contributed by atoms with Crippen molar-refractivity contribution in [2.75, 3.05) is 29.4 Å². The topological polar surface area (TPSA) is 23.6 Å². The van der Waals surface area contributed by atoms with Crippen molar-refractivity contribution in [3.05, 3.63) is 23.8 Å². The monoisotopic (exact) mass is 274 g/mol. The number of anilines is 2. The molecule has 110 valence electrons. The zero-order valence-corrected chi connectivity index (χ0v) is 13.1. The van der Waals surface area contributed by atoms with Crippen molar-refractivity contribution >= 4 is 17.3 Å². The first-order valence-corrected chi connectivity index (χ1v) is 7.72. The van der Waals surface area contributed by atoms with Gasteiger partial charge in [-0.15, -0.1) is 0 Å². The molecule has 1 unspecified atom stereocenters. The lowest BCUT2D eigenvalue weighted by molar-refractivity contribution is -0.116. The summed E-state index contributed by atoms with van der Waals surface area (Å²) in [4.78, 5) is 16.1. The molecule has 3 nitrogen and oxygen atoms in total. The van der Waals surface area contributed by atoms with Gasteiger partial charge in [0.1, 0.15) is 0 Å². The molecule has 0 saturated carbocycles. The fourth-order valence-corrected chi connectivity index (χ4v) is 3.08. The summed E-state index contributed by atoms with van der Waals surface area (Å²) in [5.74, 6) is 0.675. The van der Waals surface area contributed by atoms with Crippen LogP contribution in [0.2, 0.25) is 0 Å². The lowest BCUT2D eigenvalue weighted by Gasteiger charge is -2.34. The number of hydrogen-bond donors (Lipinski definition) is 0. The number of rotatable bonds is 4. The Morgan fingerprint density at radius 1 is 1.40 bits per heavy atom. The van der Waals surface area contributed by atoms with Crippen LogP contribution in [0.3, 0.4) is 0 Å². The highest BCUT2D eigenvalue weighted by atomic mass is 16.2. The summed E-state index contributed by atoms with van der Waals surface area (Å²) >= 11 is 0. The second kappa shape index (κ2) is 6.29. The third-order valence-electron chi connectivity index (χ3n) is 4.04. The number of carbonyl (C=O) groups is 1. The van der Waals surface area contributed by atoms with Crippen LogP contribution in [0.25, 0.3) is 0 Å². The Balaban J connectivity index is 2.35. The molecule has 3 heteroatoms. The molecule has 1 atom stereocenters. The highest BCUT2D eigenvalue weighted by molar-refractivity contribution is 5.93. The second-order valence-electron chi connectivity index (χ2n) is 5.83. The Bertz CT molecular complexity index is 484. The Hall–Kier alpha value is -1.51. The Morgan fingerprint density at radius 3 is 2.75 bits per heavy atom. The standard InChI is InChI=1S/C17H26N2O/c1-5-9-18(6-2)16-7-8-17-15(11-16)10-13(3)12-19(17)14(4)20/h7-8,11,13H,5-6,9-10,12H2,1-4H3. The molecule has 1 amide bonds. The van der Waals surface area contributed by atoms with Gasteiger partial charge >= 0.3 is 0 Å². The minimum absolute atomic E-state index is 0.145. The first-order valence-electron chi connectivity index (χ1n) is 7.72. The minimum atomic E-state index is 0.145. The smallest absolute Gasteiger partial charge is 0.223 e. The molecule has 0 fully saturated rings. The van der Waals surface area contributed by atoms with Gasteiger partial charge in [0.15, 0.2) is 0 Å². The highest BCUT2D eigenvalue weighted by Crippen LogP contribution is 2.33. The summed E-state index contributed by atoms with van der Waals surface area (Å²) in [6.45, 7) is 11.2. The fourth-order valence-electron chi connectivity index (χ4n) is 3.08. The van der Waals surface area contributed by atoms with Gasteiger partial charge in [-0.1, -0.05) is 13.8 Å². The van der Waals surface area contributed by atoms with Crippen LogP contribution in [-0.2, 0) is 11.2 Å². The van der Waals surface area contributed by atoms with Gasteiger partial charge in [0.2, 0.25) is 5.91 Å². The lowest BCUT2D eigenvalue weighted by Crippen LogP contribution is -2.37. The van der Waals surface area contributed by atoms with E-state index in [0.717, 1.165) is 38.2 Å². The van der Waals surface area contributed by atoms with E-state index < -0.39 is 0 Å². The van der Waals surface area contributed by atoms with Gasteiger partial charge in [-0.05, 0) is 49.4 Å². The molecular formula is C17H26N2O. The van der Waals surface area contributed by atoms with Crippen molar-refractivity contribution in [2.24, 2.45) is 5.92 Å². The molecule has 1 heterocycles. The summed E-state index contributed by atoms with van der Waals surface area (Å²) in [5, 5.41) is 0. The van der Waals surface area contributed by atoms with Crippen LogP contribution in [-0.4, -0.2) is 25.5 Å². The number of benzene rings is 1. The van der Waals surface area contributed by atoms with Gasteiger partial charge < -0.3 is 9.80 Å². The van der Waals surface area contributed by atoms with E-state index in [2.05, 4.69) is 43.9 Å². The average Bonchev–Trinajstić information content (AvgIpc) is 2.42. The van der Waals surface area contributed by atoms with Crippen LogP contribution in [0.5, 0.6) is 0 Å². The maximum atomic E-state index is 11.8. The van der Waals surface area contributed by atoms with Crippen LogP contribution >= 0.6 is 0 Å². The summed E-state index contributed by atoms with van der Waals surface area (Å²) in [6.07, 6.45) is 2.22. The molecule has 2 rings (SSSR count). The number of amides is 1. The number of carbonyl (C=O) groups excluding carboxylic acids is 1. The van der Waals surface area contributed by atoms with Crippen LogP contribution in [0.1, 0.15) is 39.7 Å². The van der Waals surface area contributed by atoms with E-state index in [9.17, 15) is 4.79 Å². The van der Waals surface area contributed by atoms with E-state index in [1.165, 1.54) is 11.3 Å². The van der Waals surface area contributed by atoms with Crippen molar-refractivity contribution in [3.8, 4) is 0 Å². The molecule has 1 aromatic carbocycles. The number of nitrogens with zero attached hydrogens (tertiary/aromatic N) is 2. The van der Waals surface area contributed by atoms with E-state index in [4.69, 9.17) is 0 Å². The van der Waals surface area contributed by atoms with Gasteiger partial charge in [-0.25, -0.2) is 0 Å². The third-order valence-corrected chi connectivity index (χ3v) is 4.04. The van der Waals surface area contributed by atoms with Crippen molar-refractivity contribution in [1.82, 2.24) is 0 Å². The summed E-state index contributed by atoms with van der Waals surface area (Å²) in [7, 11) is 0. The Kier molecular flexibility index (Phi) is 4.69. The van der Waals surface area contributed by atoms with Crippen LogP contribution < -0.4 is 9.80 Å². The van der Waals surface area contributed by atoms with Gasteiger partial charge in [0, 0.05) is 37.9 Å². The van der Waals surface area contributed by atoms with Gasteiger partial charge in [-0.2, -0.15) is 0 Å². The molecule has 20 heavy (non-hydrogen) atoms. The molecule has 0 N–H and O–H groups in total. The molecule has 0 spiro atoms. The van der Waals surface area contributed by atoms with Crippen LogP contribution in [0, 0.1) is 5.92 Å². The normalized spacial score (nSPS) is 17.8. The minimum Gasteiger partial charge on any atom is -0.372 e. The SMILES string of the molecule is CCCN(CC)c1ccc2c(c1)CC(C)CN2C(C)=O. The van der Waals surface area contributed by atoms with Gasteiger partial charge in [0.25, 0.3) is 0 Å². The first-order chi connectivity index (χ1) is 9.56. The zero-order chi connectivity index (χ0) is 14.7. The van der Waals surface area contributed by atoms with Gasteiger partial charge in [-0.3, -0.25) is 4.79 Å². The van der Waals surface area contributed by atoms with Crippen molar-refractivity contribution < 1.29 is 4.79 Å². The van der Waals surface area contributed by atoms with Crippen LogP contribution in [0.4, 0.5) is 11.4 Å². The number of hydrogen-bond acceptors (Lipinski definition) is 2. The highest BCUT2D eigenvalue weighted by Gasteiger charge is 2.24. The summed E-state index contributed by atoms with van der Waals surface area (Å²) in [5.41, 5.74) is 3.70. The van der Waals surface area contributed by atoms with E-state index >= 15 is 0 Å². The average molecular weight is 274 g/mol. The van der Waals surface area contributed by atoms with E-state index in [1.807, 2.05) is 4.90 Å². The van der Waals surface area contributed by atoms with E-state index in [-0.39, 0.29) is 5.91 Å². The maximum Gasteiger partial charge on any atom is 0.223 e. The quantitative estimate of drug-likeness (QED) is 0.839. The van der Waals surface area contributed by atoms with Crippen molar-refractivity contribution in [3.63, 3.8) is 0 Å². The molecule has 0 aliphatic carbocycles. The van der Waals surface area contributed by atoms with Crippen molar-refractivity contribution in [2.45, 2.75) is 40.5 Å². The first kappa shape index (κ1) is 14.9. The maximum absolute atomic E-state index is 11.8. The molecule has 1 aliphatic heterocycles. The predicted molar refractivity (Wildman–Crippen MR) is 85.5 cm³/mol. The zero-order valence-electron chi connectivity index (χ0n) is 13.1. The molecule has 0 bridgehead atoms. The Labute approximate surface area is 122 Å². The molecule has 1 aliphatic rings. The largest absolute Gasteiger partial charge is 0.372 e. The summed E-state index contributed by atoms with van der Waals surface area (Å²) < 4.78 is 0.